The molecule has 9 aliphatic heterocycles. The zero-order valence-corrected chi connectivity index (χ0v) is 88.9. The van der Waals surface area contributed by atoms with Crippen molar-refractivity contribution in [2.75, 3.05) is 32.8 Å². The van der Waals surface area contributed by atoms with Gasteiger partial charge in [-0.1, -0.05) is 0 Å². The highest BCUT2D eigenvalue weighted by atomic mass is 32.2. The van der Waals surface area contributed by atoms with Crippen molar-refractivity contribution in [3.8, 4) is 41.8 Å². The summed E-state index contributed by atoms with van der Waals surface area (Å²) >= 11 is 4.99. The summed E-state index contributed by atoms with van der Waals surface area (Å²) in [5, 5.41) is 56.7. The summed E-state index contributed by atoms with van der Waals surface area (Å²) in [7, 11) is -3.02. The fourth-order valence-corrected chi connectivity index (χ4v) is 30.1. The smallest absolute Gasteiger partial charge is 0.280 e. The van der Waals surface area contributed by atoms with Crippen LogP contribution in [-0.2, 0) is 9.84 Å². The molecule has 11 N–H and O–H groups in total. The number of sulfone groups is 1. The number of nitrogens with zero attached hydrogens (tertiary/aromatic N) is 12. The van der Waals surface area contributed by atoms with Gasteiger partial charge in [0, 0.05) is 137 Å². The number of pyridine rings is 4. The van der Waals surface area contributed by atoms with Gasteiger partial charge in [0.05, 0.1) is 55.4 Å². The third-order valence-corrected chi connectivity index (χ3v) is 39.1. The Kier molecular flexibility index (Phi) is 29.9. The van der Waals surface area contributed by atoms with Crippen LogP contribution in [0, 0.1) is 45.4 Å². The molecule has 38 heteroatoms. The molecule has 15 fully saturated rings. The molecule has 6 saturated carbocycles. The zero-order valence-electron chi connectivity index (χ0n) is 84.8. The van der Waals surface area contributed by atoms with Crippen LogP contribution in [0.25, 0.3) is 41.8 Å². The van der Waals surface area contributed by atoms with E-state index in [9.17, 15) is 62.1 Å². The van der Waals surface area contributed by atoms with E-state index < -0.39 is 15.9 Å². The van der Waals surface area contributed by atoms with Crippen molar-refractivity contribution in [3.05, 3.63) is 114 Å². The van der Waals surface area contributed by atoms with Crippen LogP contribution < -0.4 is 42.5 Å². The first-order chi connectivity index (χ1) is 69.5. The van der Waals surface area contributed by atoms with Crippen molar-refractivity contribution >= 4 is 126 Å². The lowest BCUT2D eigenvalue weighted by Crippen LogP contribution is -2.41. The monoisotopic (exact) mass is 2070 g/mol. The first-order valence-corrected chi connectivity index (χ1v) is 58.4. The second kappa shape index (κ2) is 42.5. The Balaban J connectivity index is 0.000000118. The van der Waals surface area contributed by atoms with Crippen molar-refractivity contribution < 1.29 is 62.1 Å². The van der Waals surface area contributed by atoms with Crippen LogP contribution in [0.2, 0.25) is 0 Å². The Labute approximate surface area is 864 Å². The summed E-state index contributed by atoms with van der Waals surface area (Å²) in [6.07, 6.45) is 37.2. The van der Waals surface area contributed by atoms with Gasteiger partial charge in [0.15, 0.2) is 20.0 Å². The quantitative estimate of drug-likeness (QED) is 0.0240. The van der Waals surface area contributed by atoms with Gasteiger partial charge >= 0.3 is 0 Å². The minimum Gasteiger partial charge on any atom is -0.393 e. The highest BCUT2D eigenvalue weighted by Gasteiger charge is 2.50. The van der Waals surface area contributed by atoms with Crippen molar-refractivity contribution in [3.63, 3.8) is 0 Å². The minimum absolute atomic E-state index is 0.0596. The molecule has 9 saturated heterocycles. The number of anilines is 4. The van der Waals surface area contributed by atoms with Gasteiger partial charge in [0.1, 0.15) is 55.9 Å². The molecule has 145 heavy (non-hydrogen) atoms. The number of carbonyl (C=O) groups is 8. The predicted molar refractivity (Wildman–Crippen MR) is 562 cm³/mol. The summed E-state index contributed by atoms with van der Waals surface area (Å²) in [6, 6.07) is 10.7. The van der Waals surface area contributed by atoms with Crippen LogP contribution >= 0.6 is 45.3 Å². The normalized spacial score (nSPS) is 26.7. The molecule has 23 rings (SSSR count). The van der Waals surface area contributed by atoms with E-state index in [2.05, 4.69) is 124 Å². The van der Waals surface area contributed by atoms with Gasteiger partial charge in [-0.05, 0) is 345 Å². The van der Waals surface area contributed by atoms with Crippen molar-refractivity contribution in [2.24, 2.45) is 17.8 Å². The average molecular weight is 2070 g/mol. The Morgan fingerprint density at radius 3 is 0.869 bits per heavy atom. The number of amides is 8. The topological polar surface area (TPSA) is 444 Å². The van der Waals surface area contributed by atoms with Gasteiger partial charge in [-0.2, -0.15) is 0 Å². The SMILES string of the molecule is Cc1cc(NC(C)(C)C)ncc1-c1sc(C(=O)N[C@H]2CCC[C@@H]2O)nc1C(=O)N1C2CCC1CC2.Cc1cc(N[C@H](C)C2CC2)ncc1-c1sc(C(=O)NC2CCS(=O)(=O)CC2)nc1C(=O)N1C2CCC1CC2.Cc1cc(N[C@H](C)C2CC2)ncc1-c1sc(C(=O)N[C@@H]2CC[C@@H](O)C2)nc1C(=O)N1C2CCC1CC2.Cc1cc(N[C@H](C)C2CC2)ncc1-c1sc(C(=O)N[C@H]2CC[C@H](O)C2)nc1C(=O)N1C2CCC1CC2. The van der Waals surface area contributed by atoms with Gasteiger partial charge in [-0.25, -0.2) is 48.3 Å². The molecule has 17 heterocycles. The lowest BCUT2D eigenvalue weighted by atomic mass is 10.0. The molecule has 8 amide bonds. The van der Waals surface area contributed by atoms with E-state index in [-0.39, 0.29) is 159 Å². The second-order valence-corrected chi connectivity index (χ2v) is 51.3. The number of carbonyl (C=O) groups excluding carboxylic acids is 8. The highest BCUT2D eigenvalue weighted by Crippen LogP contribution is 2.49. The number of aryl methyl sites for hydroxylation is 4. The molecule has 0 unspecified atom stereocenters. The lowest BCUT2D eigenvalue weighted by molar-refractivity contribution is 0.0716. The van der Waals surface area contributed by atoms with Gasteiger partial charge in [0.2, 0.25) is 0 Å². The number of aliphatic hydroxyl groups is 3. The molecular formula is C107H140N20O13S5. The van der Waals surface area contributed by atoms with Crippen LogP contribution in [0.1, 0.15) is 357 Å². The van der Waals surface area contributed by atoms with Crippen molar-refractivity contribution in [1.29, 1.82) is 0 Å². The average Bonchev–Trinajstić information content (AvgIpc) is 1.62. The Hall–Kier alpha value is -10.1. The molecule has 0 radical (unpaired) electrons. The van der Waals surface area contributed by atoms with E-state index in [0.29, 0.717) is 112 Å². The number of nitrogens with one attached hydrogen (secondary N) is 8. The molecular weight excluding hydrogens is 1930 g/mol. The molecule has 0 spiro atoms. The molecule has 15 aliphatic rings. The number of hydrogen-bond donors (Lipinski definition) is 11. The minimum atomic E-state index is -3.02. The molecule has 776 valence electrons. The summed E-state index contributed by atoms with van der Waals surface area (Å²) in [5.41, 5.74) is 8.54. The van der Waals surface area contributed by atoms with Gasteiger partial charge in [-0.3, -0.25) is 38.4 Å². The maximum Gasteiger partial charge on any atom is 0.280 e. The maximum absolute atomic E-state index is 13.8. The fraction of sp³-hybridized carbons (Fsp3) is 0.626. The Bertz CT molecular complexity index is 6090. The summed E-state index contributed by atoms with van der Waals surface area (Å²) in [6.45, 7) is 20.8. The summed E-state index contributed by atoms with van der Waals surface area (Å²) in [4.78, 5) is 156. The summed E-state index contributed by atoms with van der Waals surface area (Å²) < 4.78 is 23.6. The molecule has 0 aromatic carbocycles. The largest absolute Gasteiger partial charge is 0.393 e. The van der Waals surface area contributed by atoms with E-state index in [1.807, 2.05) is 84.0 Å². The Morgan fingerprint density at radius 1 is 0.352 bits per heavy atom. The van der Waals surface area contributed by atoms with E-state index >= 15 is 0 Å². The van der Waals surface area contributed by atoms with Crippen LogP contribution in [-0.4, -0.2) is 256 Å². The fourth-order valence-electron chi connectivity index (χ4n) is 24.4. The van der Waals surface area contributed by atoms with Gasteiger partial charge in [0.25, 0.3) is 47.3 Å². The molecule has 8 bridgehead atoms. The number of aromatic nitrogens is 8. The third-order valence-electron chi connectivity index (χ3n) is 33.1. The van der Waals surface area contributed by atoms with E-state index in [0.717, 1.165) is 218 Å². The van der Waals surface area contributed by atoms with Crippen molar-refractivity contribution in [1.82, 2.24) is 80.7 Å². The summed E-state index contributed by atoms with van der Waals surface area (Å²) in [5.74, 6) is 3.99. The predicted octanol–water partition coefficient (Wildman–Crippen LogP) is 16.2. The number of rotatable bonds is 26. The molecule has 9 atom stereocenters. The van der Waals surface area contributed by atoms with E-state index in [1.54, 1.807) is 12.4 Å². The van der Waals surface area contributed by atoms with Crippen LogP contribution in [0.4, 0.5) is 23.3 Å². The van der Waals surface area contributed by atoms with Crippen molar-refractivity contribution in [2.45, 2.75) is 396 Å². The lowest BCUT2D eigenvalue weighted by Gasteiger charge is -2.22. The first-order valence-electron chi connectivity index (χ1n) is 53.3. The Morgan fingerprint density at radius 2 is 0.621 bits per heavy atom. The molecule has 33 nitrogen and oxygen atoms in total. The molecule has 8 aromatic rings. The highest BCUT2D eigenvalue weighted by molar-refractivity contribution is 7.91. The van der Waals surface area contributed by atoms with Gasteiger partial charge < -0.3 is 77.5 Å². The first kappa shape index (κ1) is 102. The van der Waals surface area contributed by atoms with Crippen LogP contribution in [0.3, 0.4) is 0 Å². The van der Waals surface area contributed by atoms with Crippen LogP contribution in [0.5, 0.6) is 0 Å². The maximum atomic E-state index is 13.8. The molecule has 8 aromatic heterocycles. The van der Waals surface area contributed by atoms with Crippen LogP contribution in [0.15, 0.2) is 49.1 Å². The van der Waals surface area contributed by atoms with Gasteiger partial charge in [-0.15, -0.1) is 45.3 Å². The number of fused-ring (bicyclic) bond motifs is 8. The number of hydrogen-bond acceptors (Lipinski definition) is 29. The van der Waals surface area contributed by atoms with E-state index in [4.69, 9.17) is 0 Å². The standard InChI is InChI=1S/C27H35N5O4S2.2C27H35N5O3S.C26H35N5O3S/c1-15-13-22(29-16(2)17-3-4-17)28-14-21(15)24-23(27(34)32-19-5-6-20(32)8-7-19)31-26(37-24)25(33)30-18-9-11-38(35,36)12-10-18;2*1-14-11-22(29-15(2)16-3-4-16)28-13-21(14)24-23(27(35)32-18-6-7-19(32)9-8-18)31-26(36-24)25(34)30-17-5-10-20(33)12-17;1-14-12-20(30-26(2,3)4)27-13-17(14)22-21(25(34)31-15-8-9-16(31)11-10-15)29-24(35-22)23(33)28-18-6-5-7-19(18)32/h13-14,16-20H,3-12H2,1-2H3,(H,28,29)(H,30,33);2*11,13,15-20,33H,3-10,12H2,1-2H3,(H,28,29)(H,30,34);12-13,15-16,18-19,32H,5-11H2,1-4H3,(H,27,30)(H,28,33)/t16-,19?,20?;15-,17+,18?,19?,20+;15-,17-,18?,19?,20-;15?,16?,18-,19-/m1110/s1. The molecule has 6 aliphatic carbocycles. The zero-order chi connectivity index (χ0) is 101. The van der Waals surface area contributed by atoms with E-state index in [1.165, 1.54) is 83.9 Å². The second-order valence-electron chi connectivity index (χ2n) is 45.0. The number of thiazole rings is 4. The third kappa shape index (κ3) is 22.8. The number of aliphatic hydroxyl groups excluding tert-OH is 3.